The highest BCUT2D eigenvalue weighted by molar-refractivity contribution is 9.10. The van der Waals surface area contributed by atoms with Crippen LogP contribution < -0.4 is 5.56 Å². The van der Waals surface area contributed by atoms with Crippen molar-refractivity contribution in [3.63, 3.8) is 0 Å². The van der Waals surface area contributed by atoms with E-state index in [4.69, 9.17) is 0 Å². The number of rotatable bonds is 3. The Morgan fingerprint density at radius 1 is 1.62 bits per heavy atom. The highest BCUT2D eigenvalue weighted by atomic mass is 79.9. The molecule has 0 radical (unpaired) electrons. The number of alkyl halides is 2. The molecule has 1 aromatic heterocycles. The van der Waals surface area contributed by atoms with Gasteiger partial charge in [0, 0.05) is 21.8 Å². The number of methoxy groups -OCH3 is 1. The predicted octanol–water partition coefficient (Wildman–Crippen LogP) is 1.79. The standard InChI is InChI=1S/C9H8BrF2NO3/c1-16-6(14)2-4-7(8(11)12)5(10)3-13-9(4)15/h3,8H,2H2,1H3,(H,13,15). The zero-order valence-corrected chi connectivity index (χ0v) is 9.81. The molecule has 0 saturated carbocycles. The Bertz CT molecular complexity index is 459. The summed E-state index contributed by atoms with van der Waals surface area (Å²) in [4.78, 5) is 24.6. The zero-order valence-electron chi connectivity index (χ0n) is 8.22. The summed E-state index contributed by atoms with van der Waals surface area (Å²) >= 11 is 2.89. The van der Waals surface area contributed by atoms with E-state index in [9.17, 15) is 18.4 Å². The minimum absolute atomic E-state index is 0.0565. The molecule has 1 rings (SSSR count). The predicted molar refractivity (Wildman–Crippen MR) is 55.4 cm³/mol. The van der Waals surface area contributed by atoms with E-state index in [1.165, 1.54) is 0 Å². The second-order valence-corrected chi connectivity index (χ2v) is 3.77. The maximum Gasteiger partial charge on any atom is 0.310 e. The van der Waals surface area contributed by atoms with Crippen LogP contribution in [0.1, 0.15) is 17.6 Å². The normalized spacial score (nSPS) is 10.6. The van der Waals surface area contributed by atoms with Crippen LogP contribution in [0.2, 0.25) is 0 Å². The number of esters is 1. The summed E-state index contributed by atoms with van der Waals surface area (Å²) in [6.45, 7) is 0. The fraction of sp³-hybridized carbons (Fsp3) is 0.333. The van der Waals surface area contributed by atoms with Crippen LogP contribution in [0.4, 0.5) is 8.78 Å². The number of halogens is 3. The number of hydrogen-bond acceptors (Lipinski definition) is 3. The number of hydrogen-bond donors (Lipinski definition) is 1. The summed E-state index contributed by atoms with van der Waals surface area (Å²) in [5, 5.41) is 0. The van der Waals surface area contributed by atoms with Crippen LogP contribution in [-0.4, -0.2) is 18.1 Å². The second-order valence-electron chi connectivity index (χ2n) is 2.91. The molecule has 16 heavy (non-hydrogen) atoms. The summed E-state index contributed by atoms with van der Waals surface area (Å²) in [5.41, 5.74) is -1.48. The van der Waals surface area contributed by atoms with Crippen LogP contribution in [0, 0.1) is 0 Å². The number of aromatic nitrogens is 1. The van der Waals surface area contributed by atoms with E-state index < -0.39 is 29.9 Å². The van der Waals surface area contributed by atoms with Gasteiger partial charge in [-0.1, -0.05) is 0 Å². The van der Waals surface area contributed by atoms with Crippen molar-refractivity contribution in [3.05, 3.63) is 32.2 Å². The number of carbonyl (C=O) groups excluding carboxylic acids is 1. The monoisotopic (exact) mass is 295 g/mol. The molecule has 0 unspecified atom stereocenters. The maximum atomic E-state index is 12.7. The lowest BCUT2D eigenvalue weighted by Gasteiger charge is -2.08. The van der Waals surface area contributed by atoms with Crippen molar-refractivity contribution in [3.8, 4) is 0 Å². The molecule has 0 saturated heterocycles. The Morgan fingerprint density at radius 2 is 2.25 bits per heavy atom. The molecule has 4 nitrogen and oxygen atoms in total. The van der Waals surface area contributed by atoms with Crippen LogP contribution in [-0.2, 0) is 16.0 Å². The SMILES string of the molecule is COC(=O)Cc1c(C(F)F)c(Br)c[nH]c1=O. The Balaban J connectivity index is 3.29. The Morgan fingerprint density at radius 3 is 2.75 bits per heavy atom. The first-order chi connectivity index (χ1) is 7.47. The molecule has 0 aliphatic carbocycles. The molecule has 0 fully saturated rings. The zero-order chi connectivity index (χ0) is 12.3. The van der Waals surface area contributed by atoms with Crippen molar-refractivity contribution >= 4 is 21.9 Å². The summed E-state index contributed by atoms with van der Waals surface area (Å²) in [7, 11) is 1.12. The highest BCUT2D eigenvalue weighted by Crippen LogP contribution is 2.28. The molecule has 1 heterocycles. The summed E-state index contributed by atoms with van der Waals surface area (Å²) in [6.07, 6.45) is -2.20. The molecule has 0 aliphatic rings. The number of aromatic amines is 1. The number of nitrogens with one attached hydrogen (secondary N) is 1. The second kappa shape index (κ2) is 5.20. The first kappa shape index (κ1) is 12.8. The number of H-pyrrole nitrogens is 1. The van der Waals surface area contributed by atoms with Gasteiger partial charge in [0.25, 0.3) is 12.0 Å². The molecule has 0 aromatic carbocycles. The van der Waals surface area contributed by atoms with Gasteiger partial charge in [-0.3, -0.25) is 9.59 Å². The van der Waals surface area contributed by atoms with E-state index >= 15 is 0 Å². The minimum Gasteiger partial charge on any atom is -0.469 e. The van der Waals surface area contributed by atoms with Crippen LogP contribution >= 0.6 is 15.9 Å². The van der Waals surface area contributed by atoms with E-state index in [1.54, 1.807) is 0 Å². The third kappa shape index (κ3) is 2.66. The number of carbonyl (C=O) groups is 1. The Hall–Kier alpha value is -1.24. The molecule has 0 atom stereocenters. The van der Waals surface area contributed by atoms with Crippen LogP contribution in [0.25, 0.3) is 0 Å². The van der Waals surface area contributed by atoms with Crippen LogP contribution in [0.5, 0.6) is 0 Å². The van der Waals surface area contributed by atoms with Gasteiger partial charge in [0.2, 0.25) is 0 Å². The average Bonchev–Trinajstić information content (AvgIpc) is 2.22. The molecule has 0 spiro atoms. The van der Waals surface area contributed by atoms with Gasteiger partial charge in [-0.25, -0.2) is 8.78 Å². The van der Waals surface area contributed by atoms with Gasteiger partial charge in [0.1, 0.15) is 0 Å². The summed E-state index contributed by atoms with van der Waals surface area (Å²) < 4.78 is 29.8. The van der Waals surface area contributed by atoms with Crippen molar-refractivity contribution in [1.82, 2.24) is 4.98 Å². The summed E-state index contributed by atoms with van der Waals surface area (Å²) in [5.74, 6) is -0.745. The van der Waals surface area contributed by atoms with Gasteiger partial charge in [0.05, 0.1) is 13.5 Å². The molecular weight excluding hydrogens is 288 g/mol. The number of ether oxygens (including phenoxy) is 1. The first-order valence-electron chi connectivity index (χ1n) is 4.22. The van der Waals surface area contributed by atoms with E-state index in [0.717, 1.165) is 13.3 Å². The molecule has 88 valence electrons. The van der Waals surface area contributed by atoms with Crippen molar-refractivity contribution in [2.75, 3.05) is 7.11 Å². The lowest BCUT2D eigenvalue weighted by molar-refractivity contribution is -0.139. The minimum atomic E-state index is -2.84. The molecule has 0 amide bonds. The van der Waals surface area contributed by atoms with Crippen molar-refractivity contribution in [1.29, 1.82) is 0 Å². The van der Waals surface area contributed by atoms with Crippen molar-refractivity contribution < 1.29 is 18.3 Å². The van der Waals surface area contributed by atoms with Gasteiger partial charge in [-0.2, -0.15) is 0 Å². The van der Waals surface area contributed by atoms with Gasteiger partial charge < -0.3 is 9.72 Å². The number of pyridine rings is 1. The van der Waals surface area contributed by atoms with E-state index in [2.05, 4.69) is 25.7 Å². The Kier molecular flexibility index (Phi) is 4.17. The fourth-order valence-electron chi connectivity index (χ4n) is 1.19. The van der Waals surface area contributed by atoms with E-state index in [0.29, 0.717) is 0 Å². The summed E-state index contributed by atoms with van der Waals surface area (Å²) in [6, 6.07) is 0. The third-order valence-corrected chi connectivity index (χ3v) is 2.61. The quantitative estimate of drug-likeness (QED) is 0.865. The molecule has 1 N–H and O–H groups in total. The lowest BCUT2D eigenvalue weighted by Crippen LogP contribution is -2.20. The molecular formula is C9H8BrF2NO3. The van der Waals surface area contributed by atoms with Gasteiger partial charge in [0.15, 0.2) is 0 Å². The topological polar surface area (TPSA) is 59.2 Å². The van der Waals surface area contributed by atoms with E-state index in [1.807, 2.05) is 0 Å². The lowest BCUT2D eigenvalue weighted by atomic mass is 10.1. The largest absolute Gasteiger partial charge is 0.469 e. The third-order valence-electron chi connectivity index (χ3n) is 1.95. The van der Waals surface area contributed by atoms with E-state index in [-0.39, 0.29) is 10.0 Å². The molecule has 1 aromatic rings. The fourth-order valence-corrected chi connectivity index (χ4v) is 1.71. The molecule has 0 aliphatic heterocycles. The Labute approximate surface area is 97.7 Å². The smallest absolute Gasteiger partial charge is 0.310 e. The van der Waals surface area contributed by atoms with Crippen LogP contribution in [0.15, 0.2) is 15.5 Å². The van der Waals surface area contributed by atoms with Crippen molar-refractivity contribution in [2.24, 2.45) is 0 Å². The molecule has 0 bridgehead atoms. The van der Waals surface area contributed by atoms with Crippen molar-refractivity contribution in [2.45, 2.75) is 12.8 Å². The van der Waals surface area contributed by atoms with Gasteiger partial charge in [-0.05, 0) is 15.9 Å². The van der Waals surface area contributed by atoms with Gasteiger partial charge >= 0.3 is 5.97 Å². The molecule has 7 heteroatoms. The maximum absolute atomic E-state index is 12.7. The van der Waals surface area contributed by atoms with Crippen LogP contribution in [0.3, 0.4) is 0 Å². The van der Waals surface area contributed by atoms with Gasteiger partial charge in [-0.15, -0.1) is 0 Å². The first-order valence-corrected chi connectivity index (χ1v) is 5.01. The highest BCUT2D eigenvalue weighted by Gasteiger charge is 2.21. The average molecular weight is 296 g/mol.